The van der Waals surface area contributed by atoms with Crippen LogP contribution in [-0.4, -0.2) is 22.2 Å². The Morgan fingerprint density at radius 1 is 1.18 bits per heavy atom. The third-order valence-corrected chi connectivity index (χ3v) is 6.52. The van der Waals surface area contributed by atoms with Crippen molar-refractivity contribution < 1.29 is 13.9 Å². The van der Waals surface area contributed by atoms with Gasteiger partial charge in [-0.3, -0.25) is 14.6 Å². The Kier molecular flexibility index (Phi) is 6.02. The lowest BCUT2D eigenvalue weighted by Crippen LogP contribution is -2.60. The molecule has 1 aliphatic heterocycles. The van der Waals surface area contributed by atoms with Crippen LogP contribution in [-0.2, 0) is 4.79 Å². The number of nitrogens with one attached hydrogen (secondary N) is 1. The Hall–Kier alpha value is -3.36. The molecule has 1 aliphatic rings. The van der Waals surface area contributed by atoms with Gasteiger partial charge in [-0.15, -0.1) is 0 Å². The van der Waals surface area contributed by atoms with Crippen molar-refractivity contribution in [1.82, 2.24) is 10.1 Å². The highest BCUT2D eigenvalue weighted by molar-refractivity contribution is 7.98. The predicted octanol–water partition coefficient (Wildman–Crippen LogP) is 5.05. The maximum absolute atomic E-state index is 13.4. The number of halogens is 1. The van der Waals surface area contributed by atoms with Gasteiger partial charge < -0.3 is 4.42 Å². The second-order valence-electron chi connectivity index (χ2n) is 7.87. The Balaban J connectivity index is 1.74. The number of amides is 1. The minimum Gasteiger partial charge on any atom is -0.452 e. The Morgan fingerprint density at radius 3 is 2.68 bits per heavy atom. The molecule has 2 aromatic carbocycles. The molecule has 4 aromatic rings. The van der Waals surface area contributed by atoms with E-state index in [4.69, 9.17) is 16.0 Å². The summed E-state index contributed by atoms with van der Waals surface area (Å²) in [7, 11) is 0. The van der Waals surface area contributed by atoms with Crippen molar-refractivity contribution in [1.29, 1.82) is 0 Å². The van der Waals surface area contributed by atoms with Gasteiger partial charge in [-0.1, -0.05) is 42.4 Å². The average molecular weight is 494 g/mol. The van der Waals surface area contributed by atoms with Gasteiger partial charge in [0.15, 0.2) is 5.76 Å². The van der Waals surface area contributed by atoms with Gasteiger partial charge in [-0.2, -0.15) is 0 Å². The average Bonchev–Trinajstić information content (AvgIpc) is 3.33. The molecule has 1 amide bonds. The lowest BCUT2D eigenvalue weighted by Gasteiger charge is -2.30. The molecule has 0 saturated heterocycles. The van der Waals surface area contributed by atoms with E-state index in [0.29, 0.717) is 51.5 Å². The monoisotopic (exact) mass is 493 g/mol. The van der Waals surface area contributed by atoms with Crippen LogP contribution in [0.1, 0.15) is 31.7 Å². The number of H-pyrrole nitrogens is 1. The number of nitrogens with zero attached hydrogens (tertiary/aromatic N) is 3. The maximum Gasteiger partial charge on any atom is 0.325 e. The summed E-state index contributed by atoms with van der Waals surface area (Å²) in [6, 6.07) is 18.4. The van der Waals surface area contributed by atoms with E-state index in [-0.39, 0.29) is 11.5 Å². The Morgan fingerprint density at radius 2 is 1.94 bits per heavy atom. The first-order valence-electron chi connectivity index (χ1n) is 10.9. The van der Waals surface area contributed by atoms with Crippen LogP contribution in [0.5, 0.6) is 0 Å². The minimum atomic E-state index is -0.752. The summed E-state index contributed by atoms with van der Waals surface area (Å²) >= 11 is 7.36. The highest BCUT2D eigenvalue weighted by atomic mass is 35.5. The number of thioether (sulfide) groups is 1. The van der Waals surface area contributed by atoms with E-state index in [0.717, 1.165) is 5.56 Å². The first-order valence-corrected chi connectivity index (χ1v) is 12.5. The fourth-order valence-corrected chi connectivity index (χ4v) is 4.68. The molecule has 0 aliphatic carbocycles. The van der Waals surface area contributed by atoms with Crippen LogP contribution in [0, 0.1) is 0 Å². The molecular weight excluding hydrogens is 472 g/mol. The van der Waals surface area contributed by atoms with Crippen LogP contribution in [0.2, 0.25) is 5.02 Å². The summed E-state index contributed by atoms with van der Waals surface area (Å²) in [5.74, 6) is 1.06. The Labute approximate surface area is 205 Å². The minimum absolute atomic E-state index is 0.0738. The number of carbonyl (C=O) groups excluding carboxylic acids is 1. The first-order chi connectivity index (χ1) is 16.5. The third-order valence-electron chi connectivity index (χ3n) is 5.69. The van der Waals surface area contributed by atoms with E-state index >= 15 is 0 Å². The number of carbonyl (C=O) groups is 1. The zero-order valence-electron chi connectivity index (χ0n) is 18.6. The number of furan rings is 1. The van der Waals surface area contributed by atoms with Gasteiger partial charge in [0, 0.05) is 22.1 Å². The topological polar surface area (TPSA) is 83.1 Å². The Bertz CT molecular complexity index is 1430. The van der Waals surface area contributed by atoms with E-state index in [1.807, 2.05) is 61.7 Å². The quantitative estimate of drug-likeness (QED) is 0.310. The lowest BCUT2D eigenvalue weighted by atomic mass is 10.0. The van der Waals surface area contributed by atoms with E-state index in [1.54, 1.807) is 21.7 Å². The molecule has 0 bridgehead atoms. The molecule has 3 heterocycles. The van der Waals surface area contributed by atoms with E-state index in [1.165, 1.54) is 11.8 Å². The van der Waals surface area contributed by atoms with E-state index in [2.05, 4.69) is 10.1 Å². The van der Waals surface area contributed by atoms with Crippen LogP contribution in [0.4, 0.5) is 5.69 Å². The number of fused-ring (bicyclic) bond motifs is 3. The van der Waals surface area contributed by atoms with Crippen molar-refractivity contribution in [3.63, 3.8) is 0 Å². The zero-order valence-corrected chi connectivity index (χ0v) is 20.2. The van der Waals surface area contributed by atoms with Gasteiger partial charge in [-0.05, 0) is 65.9 Å². The second-order valence-corrected chi connectivity index (χ2v) is 9.10. The molecule has 7 nitrogen and oxygen atoms in total. The molecule has 0 fully saturated rings. The summed E-state index contributed by atoms with van der Waals surface area (Å²) in [6.45, 7) is 1.96. The fraction of sp³-hybridized carbons (Fsp3) is 0.200. The number of hydrogen-bond donors (Lipinski definition) is 1. The van der Waals surface area contributed by atoms with Gasteiger partial charge in [0.25, 0.3) is 0 Å². The largest absolute Gasteiger partial charge is 0.452 e. The SMILES string of the molecule is CCCC(=O)N1c2ccccc2-c2c(=O)[nH]c(SC)n[n+]2[C@H]1c1ccc(-c2ccc(Cl)cc2)o1. The summed E-state index contributed by atoms with van der Waals surface area (Å²) in [5, 5.41) is 5.77. The molecule has 1 N–H and O–H groups in total. The number of para-hydroxylation sites is 1. The van der Waals surface area contributed by atoms with Crippen LogP contribution in [0.3, 0.4) is 0 Å². The molecule has 0 spiro atoms. The van der Waals surface area contributed by atoms with Gasteiger partial charge in [0.1, 0.15) is 5.76 Å². The number of rotatable bonds is 5. The number of benzene rings is 2. The van der Waals surface area contributed by atoms with Gasteiger partial charge in [0.2, 0.25) is 11.1 Å². The fourth-order valence-electron chi connectivity index (χ4n) is 4.19. The van der Waals surface area contributed by atoms with Crippen LogP contribution in [0.25, 0.3) is 22.6 Å². The predicted molar refractivity (Wildman–Crippen MR) is 132 cm³/mol. The number of hydrogen-bond acceptors (Lipinski definition) is 5. The maximum atomic E-state index is 13.4. The van der Waals surface area contributed by atoms with Crippen molar-refractivity contribution >= 4 is 35.0 Å². The number of anilines is 1. The smallest absolute Gasteiger partial charge is 0.325 e. The molecule has 0 unspecified atom stereocenters. The van der Waals surface area contributed by atoms with Crippen molar-refractivity contribution in [2.75, 3.05) is 11.2 Å². The van der Waals surface area contributed by atoms with E-state index < -0.39 is 6.17 Å². The molecule has 0 radical (unpaired) electrons. The summed E-state index contributed by atoms with van der Waals surface area (Å²) in [4.78, 5) is 31.1. The number of aromatic nitrogens is 3. The molecule has 172 valence electrons. The van der Waals surface area contributed by atoms with Gasteiger partial charge in [-0.25, -0.2) is 4.90 Å². The molecule has 9 heteroatoms. The molecule has 0 saturated carbocycles. The number of aromatic amines is 1. The standard InChI is InChI=1S/C25H21ClN4O3S/c1-3-6-21(31)29-18-8-5-4-7-17(18)22-23(32)27-25(34-2)28-30(22)24(29)20-14-13-19(33-20)15-9-11-16(26)12-10-15/h4-5,7-14,24H,3,6H2,1-2H3/p+1/t24-/m0/s1. The van der Waals surface area contributed by atoms with Crippen molar-refractivity contribution in [3.05, 3.63) is 81.8 Å². The third kappa shape index (κ3) is 3.82. The molecule has 34 heavy (non-hydrogen) atoms. The van der Waals surface area contributed by atoms with E-state index in [9.17, 15) is 9.59 Å². The van der Waals surface area contributed by atoms with Crippen LogP contribution >= 0.6 is 23.4 Å². The van der Waals surface area contributed by atoms with Crippen molar-refractivity contribution in [2.24, 2.45) is 0 Å². The molecular formula is C25H22ClN4O3S+. The molecule has 1 atom stereocenters. The highest BCUT2D eigenvalue weighted by Crippen LogP contribution is 2.39. The first kappa shape index (κ1) is 22.4. The highest BCUT2D eigenvalue weighted by Gasteiger charge is 2.47. The van der Waals surface area contributed by atoms with Crippen LogP contribution < -0.4 is 15.1 Å². The van der Waals surface area contributed by atoms with Crippen molar-refractivity contribution in [2.45, 2.75) is 31.1 Å². The second kappa shape index (κ2) is 9.12. The molecule has 5 rings (SSSR count). The zero-order chi connectivity index (χ0) is 23.8. The summed E-state index contributed by atoms with van der Waals surface area (Å²) in [5.41, 5.74) is 2.26. The van der Waals surface area contributed by atoms with Gasteiger partial charge >= 0.3 is 17.4 Å². The summed E-state index contributed by atoms with van der Waals surface area (Å²) in [6.07, 6.45) is 2.12. The normalized spacial score (nSPS) is 14.6. The van der Waals surface area contributed by atoms with Crippen molar-refractivity contribution in [3.8, 4) is 22.6 Å². The van der Waals surface area contributed by atoms with Gasteiger partial charge in [0.05, 0.1) is 11.3 Å². The van der Waals surface area contributed by atoms with Crippen LogP contribution in [0.15, 0.2) is 75.0 Å². The lowest BCUT2D eigenvalue weighted by molar-refractivity contribution is -0.764. The molecule has 2 aromatic heterocycles. The summed E-state index contributed by atoms with van der Waals surface area (Å²) < 4.78 is 7.88.